The summed E-state index contributed by atoms with van der Waals surface area (Å²) >= 11 is 0. The molecule has 8 nitrogen and oxygen atoms in total. The molecule has 0 saturated carbocycles. The van der Waals surface area contributed by atoms with Crippen LogP contribution in [-0.4, -0.2) is 21.4 Å². The second-order valence-corrected chi connectivity index (χ2v) is 5.50. The van der Waals surface area contributed by atoms with Gasteiger partial charge in [-0.2, -0.15) is 0 Å². The molecule has 0 saturated heterocycles. The van der Waals surface area contributed by atoms with Gasteiger partial charge in [0.25, 0.3) is 5.69 Å². The quantitative estimate of drug-likeness (QED) is 0.294. The van der Waals surface area contributed by atoms with E-state index >= 15 is 0 Å². The molecule has 0 unspecified atom stereocenters. The SMILES string of the molecule is NCCCCCCCc1cc([N+](=O)[O-])cc2[nH]c(=O)c(=O)[nH]c12. The summed E-state index contributed by atoms with van der Waals surface area (Å²) in [4.78, 5) is 38.3. The third-order valence-corrected chi connectivity index (χ3v) is 3.76. The van der Waals surface area contributed by atoms with E-state index in [1.54, 1.807) is 0 Å². The smallest absolute Gasteiger partial charge is 0.314 e. The number of hydrogen-bond donors (Lipinski definition) is 3. The van der Waals surface area contributed by atoms with E-state index in [4.69, 9.17) is 5.73 Å². The number of unbranched alkanes of at least 4 members (excludes halogenated alkanes) is 4. The molecule has 0 aliphatic carbocycles. The molecule has 23 heavy (non-hydrogen) atoms. The minimum Gasteiger partial charge on any atom is -0.330 e. The molecule has 1 aromatic heterocycles. The fourth-order valence-electron chi connectivity index (χ4n) is 2.57. The molecule has 0 bridgehead atoms. The van der Waals surface area contributed by atoms with Gasteiger partial charge in [-0.3, -0.25) is 19.7 Å². The number of non-ortho nitro benzene ring substituents is 1. The lowest BCUT2D eigenvalue weighted by molar-refractivity contribution is -0.384. The van der Waals surface area contributed by atoms with Crippen LogP contribution >= 0.6 is 0 Å². The molecule has 8 heteroatoms. The molecule has 2 aromatic rings. The maximum Gasteiger partial charge on any atom is 0.314 e. The Bertz CT molecular complexity index is 809. The number of rotatable bonds is 8. The number of nitrogens with one attached hydrogen (secondary N) is 2. The highest BCUT2D eigenvalue weighted by atomic mass is 16.6. The number of nitro groups is 1. The fraction of sp³-hybridized carbons (Fsp3) is 0.467. The van der Waals surface area contributed by atoms with Crippen molar-refractivity contribution in [1.29, 1.82) is 0 Å². The van der Waals surface area contributed by atoms with Gasteiger partial charge >= 0.3 is 11.1 Å². The standard InChI is InChI=1S/C15H20N4O4/c16-7-5-3-1-2-4-6-10-8-11(19(22)23)9-12-13(10)18-15(21)14(20)17-12/h8-9H,1-7,16H2,(H,17,20)(H,18,21). The lowest BCUT2D eigenvalue weighted by atomic mass is 10.0. The first-order valence-electron chi connectivity index (χ1n) is 7.66. The highest BCUT2D eigenvalue weighted by Gasteiger charge is 2.13. The molecule has 124 valence electrons. The van der Waals surface area contributed by atoms with Crippen molar-refractivity contribution in [2.75, 3.05) is 6.54 Å². The Kier molecular flexibility index (Phi) is 5.64. The number of aromatic nitrogens is 2. The van der Waals surface area contributed by atoms with E-state index in [1.165, 1.54) is 12.1 Å². The number of aryl methyl sites for hydroxylation is 1. The van der Waals surface area contributed by atoms with Gasteiger partial charge in [0, 0.05) is 12.1 Å². The molecule has 1 heterocycles. The summed E-state index contributed by atoms with van der Waals surface area (Å²) < 4.78 is 0. The number of fused-ring (bicyclic) bond motifs is 1. The molecule has 0 radical (unpaired) electrons. The Morgan fingerprint density at radius 2 is 1.65 bits per heavy atom. The molecule has 0 aliphatic heterocycles. The summed E-state index contributed by atoms with van der Waals surface area (Å²) in [5.41, 5.74) is 5.18. The Morgan fingerprint density at radius 3 is 2.35 bits per heavy atom. The van der Waals surface area contributed by atoms with Crippen molar-refractivity contribution in [2.45, 2.75) is 38.5 Å². The minimum atomic E-state index is -0.814. The van der Waals surface area contributed by atoms with Crippen LogP contribution in [0.1, 0.15) is 37.7 Å². The zero-order chi connectivity index (χ0) is 16.8. The highest BCUT2D eigenvalue weighted by Crippen LogP contribution is 2.23. The summed E-state index contributed by atoms with van der Waals surface area (Å²) in [6.45, 7) is 0.685. The summed E-state index contributed by atoms with van der Waals surface area (Å²) in [6, 6.07) is 2.72. The van der Waals surface area contributed by atoms with Gasteiger partial charge in [-0.15, -0.1) is 0 Å². The molecule has 0 amide bonds. The summed E-state index contributed by atoms with van der Waals surface area (Å²) in [5.74, 6) is 0. The predicted octanol–water partition coefficient (Wildman–Crippen LogP) is 1.58. The molecule has 1 aromatic carbocycles. The molecular weight excluding hydrogens is 300 g/mol. The zero-order valence-electron chi connectivity index (χ0n) is 12.8. The second-order valence-electron chi connectivity index (χ2n) is 5.50. The number of nitrogens with two attached hydrogens (primary N) is 1. The monoisotopic (exact) mass is 320 g/mol. The first-order chi connectivity index (χ1) is 11.0. The largest absolute Gasteiger partial charge is 0.330 e. The zero-order valence-corrected chi connectivity index (χ0v) is 12.8. The van der Waals surface area contributed by atoms with E-state index in [9.17, 15) is 19.7 Å². The topological polar surface area (TPSA) is 135 Å². The van der Waals surface area contributed by atoms with Gasteiger partial charge in [-0.25, -0.2) is 0 Å². The van der Waals surface area contributed by atoms with Crippen molar-refractivity contribution < 1.29 is 4.92 Å². The predicted molar refractivity (Wildman–Crippen MR) is 87.7 cm³/mol. The first kappa shape index (κ1) is 16.9. The van der Waals surface area contributed by atoms with Crippen LogP contribution in [0.15, 0.2) is 21.7 Å². The van der Waals surface area contributed by atoms with Gasteiger partial charge < -0.3 is 15.7 Å². The number of nitrogens with zero attached hydrogens (tertiary/aromatic N) is 1. The van der Waals surface area contributed by atoms with Crippen molar-refractivity contribution in [3.63, 3.8) is 0 Å². The van der Waals surface area contributed by atoms with Gasteiger partial charge in [-0.1, -0.05) is 19.3 Å². The normalized spacial score (nSPS) is 11.0. The molecule has 0 aliphatic rings. The van der Waals surface area contributed by atoms with Crippen LogP contribution in [0.3, 0.4) is 0 Å². The van der Waals surface area contributed by atoms with Gasteiger partial charge in [0.2, 0.25) is 0 Å². The van der Waals surface area contributed by atoms with Gasteiger partial charge in [0.05, 0.1) is 16.0 Å². The van der Waals surface area contributed by atoms with Crippen LogP contribution < -0.4 is 16.9 Å². The molecule has 0 atom stereocenters. The van der Waals surface area contributed by atoms with Crippen molar-refractivity contribution >= 4 is 16.7 Å². The number of nitro benzene ring substituents is 1. The van der Waals surface area contributed by atoms with E-state index in [2.05, 4.69) is 9.97 Å². The van der Waals surface area contributed by atoms with Crippen molar-refractivity contribution in [1.82, 2.24) is 9.97 Å². The van der Waals surface area contributed by atoms with Gasteiger partial charge in [0.1, 0.15) is 0 Å². The summed E-state index contributed by atoms with van der Waals surface area (Å²) in [6.07, 6.45) is 5.55. The molecule has 2 rings (SSSR count). The summed E-state index contributed by atoms with van der Waals surface area (Å²) in [7, 11) is 0. The molecular formula is C15H20N4O4. The molecule has 0 spiro atoms. The van der Waals surface area contributed by atoms with Crippen LogP contribution in [-0.2, 0) is 6.42 Å². The third-order valence-electron chi connectivity index (χ3n) is 3.76. The second kappa shape index (κ2) is 7.68. The lowest BCUT2D eigenvalue weighted by Gasteiger charge is -2.06. The van der Waals surface area contributed by atoms with Gasteiger partial charge in [-0.05, 0) is 31.4 Å². The van der Waals surface area contributed by atoms with E-state index in [0.717, 1.165) is 32.1 Å². The fourth-order valence-corrected chi connectivity index (χ4v) is 2.57. The van der Waals surface area contributed by atoms with E-state index in [1.807, 2.05) is 0 Å². The maximum atomic E-state index is 11.5. The molecule has 0 fully saturated rings. The van der Waals surface area contributed by atoms with E-state index in [-0.39, 0.29) is 11.2 Å². The van der Waals surface area contributed by atoms with E-state index in [0.29, 0.717) is 24.0 Å². The number of H-pyrrole nitrogens is 2. The maximum absolute atomic E-state index is 11.5. The van der Waals surface area contributed by atoms with Crippen LogP contribution in [0, 0.1) is 10.1 Å². The third kappa shape index (κ3) is 4.26. The highest BCUT2D eigenvalue weighted by molar-refractivity contribution is 5.80. The Hall–Kier alpha value is -2.48. The summed E-state index contributed by atoms with van der Waals surface area (Å²) in [5, 5.41) is 11.0. The Balaban J connectivity index is 2.25. The number of benzene rings is 1. The van der Waals surface area contributed by atoms with Crippen LogP contribution in [0.2, 0.25) is 0 Å². The first-order valence-corrected chi connectivity index (χ1v) is 7.66. The van der Waals surface area contributed by atoms with Crippen LogP contribution in [0.5, 0.6) is 0 Å². The van der Waals surface area contributed by atoms with Crippen molar-refractivity contribution in [3.05, 3.63) is 48.5 Å². The van der Waals surface area contributed by atoms with Crippen molar-refractivity contribution in [2.24, 2.45) is 5.73 Å². The van der Waals surface area contributed by atoms with Crippen molar-refractivity contribution in [3.8, 4) is 0 Å². The van der Waals surface area contributed by atoms with Gasteiger partial charge in [0.15, 0.2) is 0 Å². The lowest BCUT2D eigenvalue weighted by Crippen LogP contribution is -2.29. The average Bonchev–Trinajstić information content (AvgIpc) is 2.51. The number of hydrogen-bond acceptors (Lipinski definition) is 5. The Morgan fingerprint density at radius 1 is 1.00 bits per heavy atom. The van der Waals surface area contributed by atoms with E-state index < -0.39 is 16.0 Å². The number of aromatic amines is 2. The average molecular weight is 320 g/mol. The van der Waals surface area contributed by atoms with Crippen LogP contribution in [0.25, 0.3) is 11.0 Å². The van der Waals surface area contributed by atoms with Crippen LogP contribution in [0.4, 0.5) is 5.69 Å². The minimum absolute atomic E-state index is 0.0988. The Labute approximate surface area is 131 Å². The molecule has 4 N–H and O–H groups in total.